The van der Waals surface area contributed by atoms with Crippen LogP contribution in [-0.2, 0) is 0 Å². The number of hydrogen-bond acceptors (Lipinski definition) is 5. The minimum Gasteiger partial charge on any atom is -0.494 e. The Morgan fingerprint density at radius 1 is 0.969 bits per heavy atom. The molecule has 0 saturated carbocycles. The Morgan fingerprint density at radius 3 is 2.25 bits per heavy atom. The summed E-state index contributed by atoms with van der Waals surface area (Å²) in [5.74, 6) is 0.592. The number of thiophene rings is 1. The van der Waals surface area contributed by atoms with Crippen molar-refractivity contribution in [3.05, 3.63) is 89.8 Å². The van der Waals surface area contributed by atoms with Crippen LogP contribution in [-0.4, -0.2) is 17.5 Å². The number of amides is 1. The number of benzene rings is 3. The summed E-state index contributed by atoms with van der Waals surface area (Å²) >= 11 is 1.32. The molecule has 0 atom stereocenters. The van der Waals surface area contributed by atoms with Gasteiger partial charge in [-0.2, -0.15) is 0 Å². The summed E-state index contributed by atoms with van der Waals surface area (Å²) in [7, 11) is 0. The number of carbonyl (C=O) groups excluding carboxylic acids is 1. The molecule has 32 heavy (non-hydrogen) atoms. The molecule has 1 amide bonds. The van der Waals surface area contributed by atoms with Gasteiger partial charge in [0.05, 0.1) is 17.8 Å². The monoisotopic (exact) mass is 439 g/mol. The molecule has 2 aromatic heterocycles. The van der Waals surface area contributed by atoms with Crippen molar-refractivity contribution in [2.45, 2.75) is 6.92 Å². The third-order valence-electron chi connectivity index (χ3n) is 5.22. The molecule has 0 unspecified atom stereocenters. The van der Waals surface area contributed by atoms with Gasteiger partial charge in [0.2, 0.25) is 0 Å². The van der Waals surface area contributed by atoms with Crippen LogP contribution in [0.15, 0.2) is 84.9 Å². The lowest BCUT2D eigenvalue weighted by molar-refractivity contribution is 0.100. The van der Waals surface area contributed by atoms with E-state index in [2.05, 4.69) is 0 Å². The van der Waals surface area contributed by atoms with Crippen molar-refractivity contribution in [3.63, 3.8) is 0 Å². The van der Waals surface area contributed by atoms with Gasteiger partial charge in [0, 0.05) is 28.2 Å². The highest BCUT2D eigenvalue weighted by molar-refractivity contribution is 7.21. The fourth-order valence-corrected chi connectivity index (χ4v) is 4.74. The minimum atomic E-state index is -0.179. The second kappa shape index (κ2) is 8.32. The van der Waals surface area contributed by atoms with Crippen molar-refractivity contribution in [2.24, 2.45) is 0 Å². The van der Waals surface area contributed by atoms with E-state index in [4.69, 9.17) is 15.5 Å². The van der Waals surface area contributed by atoms with E-state index in [-0.39, 0.29) is 5.91 Å². The van der Waals surface area contributed by atoms with Crippen LogP contribution in [0.4, 0.5) is 17.1 Å². The highest BCUT2D eigenvalue weighted by atomic mass is 32.1. The molecule has 0 aliphatic heterocycles. The molecule has 0 fully saturated rings. The molecule has 5 rings (SSSR count). The maximum absolute atomic E-state index is 13.8. The van der Waals surface area contributed by atoms with Crippen molar-refractivity contribution < 1.29 is 9.53 Å². The highest BCUT2D eigenvalue weighted by Gasteiger charge is 2.25. The Kier molecular flexibility index (Phi) is 5.21. The summed E-state index contributed by atoms with van der Waals surface area (Å²) in [6.07, 6.45) is 0. The zero-order valence-corrected chi connectivity index (χ0v) is 18.3. The number of fused-ring (bicyclic) bond motifs is 2. The Bertz CT molecular complexity index is 1380. The highest BCUT2D eigenvalue weighted by Crippen LogP contribution is 2.38. The van der Waals surface area contributed by atoms with Gasteiger partial charge in [-0.1, -0.05) is 36.4 Å². The Morgan fingerprint density at radius 2 is 1.62 bits per heavy atom. The first kappa shape index (κ1) is 20.0. The van der Waals surface area contributed by atoms with E-state index < -0.39 is 0 Å². The Balaban J connectivity index is 1.64. The summed E-state index contributed by atoms with van der Waals surface area (Å²) in [6.45, 7) is 2.54. The molecule has 0 spiro atoms. The maximum Gasteiger partial charge on any atom is 0.275 e. The van der Waals surface area contributed by atoms with Crippen molar-refractivity contribution in [2.75, 3.05) is 17.2 Å². The molecular formula is C26H21N3O2S. The number of rotatable bonds is 5. The number of hydrogen-bond donors (Lipinski definition) is 1. The first-order chi connectivity index (χ1) is 15.7. The van der Waals surface area contributed by atoms with E-state index in [0.29, 0.717) is 17.2 Å². The molecule has 5 aromatic rings. The number of aromatic nitrogens is 1. The maximum atomic E-state index is 13.8. The molecule has 2 N–H and O–H groups in total. The van der Waals surface area contributed by atoms with Gasteiger partial charge in [-0.25, -0.2) is 4.98 Å². The summed E-state index contributed by atoms with van der Waals surface area (Å²) in [6, 6.07) is 26.9. The number of anilines is 3. The van der Waals surface area contributed by atoms with Gasteiger partial charge in [0.25, 0.3) is 5.91 Å². The lowest BCUT2D eigenvalue weighted by atomic mass is 10.1. The van der Waals surface area contributed by atoms with E-state index in [0.717, 1.165) is 38.2 Å². The lowest BCUT2D eigenvalue weighted by Crippen LogP contribution is -2.25. The summed E-state index contributed by atoms with van der Waals surface area (Å²) in [4.78, 5) is 21.4. The molecule has 0 saturated heterocycles. The number of carbonyl (C=O) groups is 1. The number of nitrogen functional groups attached to an aromatic ring is 1. The smallest absolute Gasteiger partial charge is 0.275 e. The van der Waals surface area contributed by atoms with Gasteiger partial charge < -0.3 is 10.5 Å². The van der Waals surface area contributed by atoms with Crippen LogP contribution in [0.3, 0.4) is 0 Å². The third kappa shape index (κ3) is 3.55. The summed E-state index contributed by atoms with van der Waals surface area (Å²) in [5.41, 5.74) is 9.32. The van der Waals surface area contributed by atoms with Gasteiger partial charge in [-0.15, -0.1) is 11.3 Å². The topological polar surface area (TPSA) is 68.5 Å². The molecule has 2 heterocycles. The Labute approximate surface area is 189 Å². The molecule has 158 valence electrons. The van der Waals surface area contributed by atoms with E-state index in [1.165, 1.54) is 11.3 Å². The summed E-state index contributed by atoms with van der Waals surface area (Å²) < 4.78 is 5.60. The van der Waals surface area contributed by atoms with Gasteiger partial charge >= 0.3 is 0 Å². The van der Waals surface area contributed by atoms with E-state index in [1.54, 1.807) is 4.90 Å². The van der Waals surface area contributed by atoms with Crippen LogP contribution in [0, 0.1) is 0 Å². The van der Waals surface area contributed by atoms with E-state index >= 15 is 0 Å². The fraction of sp³-hybridized carbons (Fsp3) is 0.0769. The van der Waals surface area contributed by atoms with Gasteiger partial charge in [0.1, 0.15) is 15.5 Å². The standard InChI is InChI=1S/C26H21N3O2S/c1-2-31-20-14-13-17-15-21-23(27)24(32-25(21)28-22(17)16-20)26(30)29(18-9-5-3-6-10-18)19-11-7-4-8-12-19/h3-16H,2,27H2,1H3. The number of para-hydroxylation sites is 2. The van der Waals surface area contributed by atoms with Crippen molar-refractivity contribution in [1.82, 2.24) is 4.98 Å². The largest absolute Gasteiger partial charge is 0.494 e. The third-order valence-corrected chi connectivity index (χ3v) is 6.33. The molecule has 0 aliphatic rings. The summed E-state index contributed by atoms with van der Waals surface area (Å²) in [5, 5.41) is 1.74. The quantitative estimate of drug-likeness (QED) is 0.344. The second-order valence-electron chi connectivity index (χ2n) is 7.29. The second-order valence-corrected chi connectivity index (χ2v) is 8.28. The predicted octanol–water partition coefficient (Wildman–Crippen LogP) is 6.41. The number of ether oxygens (including phenoxy) is 1. The predicted molar refractivity (Wildman–Crippen MR) is 132 cm³/mol. The van der Waals surface area contributed by atoms with Crippen LogP contribution in [0.2, 0.25) is 0 Å². The normalized spacial score (nSPS) is 11.0. The van der Waals surface area contributed by atoms with Crippen molar-refractivity contribution >= 4 is 55.4 Å². The zero-order chi connectivity index (χ0) is 22.1. The van der Waals surface area contributed by atoms with Crippen molar-refractivity contribution in [3.8, 4) is 5.75 Å². The number of nitrogens with two attached hydrogens (primary N) is 1. The first-order valence-corrected chi connectivity index (χ1v) is 11.2. The van der Waals surface area contributed by atoms with Crippen LogP contribution in [0.1, 0.15) is 16.6 Å². The molecule has 0 aliphatic carbocycles. The van der Waals surface area contributed by atoms with E-state index in [9.17, 15) is 4.79 Å². The van der Waals surface area contributed by atoms with Crippen LogP contribution < -0.4 is 15.4 Å². The SMILES string of the molecule is CCOc1ccc2cc3c(N)c(C(=O)N(c4ccccc4)c4ccccc4)sc3nc2c1. The lowest BCUT2D eigenvalue weighted by Gasteiger charge is -2.22. The van der Waals surface area contributed by atoms with Crippen molar-refractivity contribution in [1.29, 1.82) is 0 Å². The Hall–Kier alpha value is -3.90. The number of nitrogens with zero attached hydrogens (tertiary/aromatic N) is 2. The van der Waals surface area contributed by atoms with Gasteiger partial charge in [-0.3, -0.25) is 9.69 Å². The molecule has 0 bridgehead atoms. The van der Waals surface area contributed by atoms with Crippen LogP contribution in [0.5, 0.6) is 5.75 Å². The fourth-order valence-electron chi connectivity index (χ4n) is 3.73. The average Bonchev–Trinajstić information content (AvgIpc) is 3.15. The van der Waals surface area contributed by atoms with Gasteiger partial charge in [0.15, 0.2) is 0 Å². The van der Waals surface area contributed by atoms with Crippen LogP contribution >= 0.6 is 11.3 Å². The molecule has 3 aromatic carbocycles. The van der Waals surface area contributed by atoms with Crippen LogP contribution in [0.25, 0.3) is 21.1 Å². The zero-order valence-electron chi connectivity index (χ0n) is 17.5. The van der Waals surface area contributed by atoms with E-state index in [1.807, 2.05) is 91.9 Å². The minimum absolute atomic E-state index is 0.179. The molecule has 5 nitrogen and oxygen atoms in total. The average molecular weight is 440 g/mol. The molecular weight excluding hydrogens is 418 g/mol. The number of pyridine rings is 1. The molecule has 6 heteroatoms. The van der Waals surface area contributed by atoms with Gasteiger partial charge in [-0.05, 0) is 49.4 Å². The molecule has 0 radical (unpaired) electrons. The first-order valence-electron chi connectivity index (χ1n) is 10.4.